The Morgan fingerprint density at radius 2 is 1.11 bits per heavy atom. The van der Waals surface area contributed by atoms with Gasteiger partial charge in [0.15, 0.2) is 0 Å². The van der Waals surface area contributed by atoms with Gasteiger partial charge in [-0.25, -0.2) is 0 Å². The maximum absolute atomic E-state index is 12.7. The van der Waals surface area contributed by atoms with Crippen molar-refractivity contribution in [3.05, 3.63) is 71.8 Å². The van der Waals surface area contributed by atoms with Crippen LogP contribution in [0, 0.1) is 0 Å². The molecule has 27 heavy (non-hydrogen) atoms. The Kier molecular flexibility index (Phi) is 9.10. The number of unbranched alkanes of at least 4 members (excludes halogenated alkanes) is 8. The normalized spacial score (nSPS) is 11.4. The molecule has 0 atom stereocenters. The summed E-state index contributed by atoms with van der Waals surface area (Å²) < 4.78 is 0. The molecule has 0 aliphatic heterocycles. The first-order valence-electron chi connectivity index (χ1n) is 10.6. The number of carbonyl (C=O) groups is 1. The third kappa shape index (κ3) is 5.95. The van der Waals surface area contributed by atoms with Gasteiger partial charge in [-0.05, 0) is 17.5 Å². The second kappa shape index (κ2) is 11.6. The fraction of sp³-hybridized carbons (Fsp3) is 0.480. The number of nitrogens with two attached hydrogens (primary N) is 1. The molecular formula is C25H35NO. The highest BCUT2D eigenvalue weighted by atomic mass is 16.1. The average molecular weight is 366 g/mol. The molecule has 0 saturated carbocycles. The van der Waals surface area contributed by atoms with E-state index in [1.807, 2.05) is 60.7 Å². The molecule has 2 aromatic carbocycles. The molecule has 0 radical (unpaired) electrons. The van der Waals surface area contributed by atoms with Crippen LogP contribution in [0.2, 0.25) is 0 Å². The van der Waals surface area contributed by atoms with Gasteiger partial charge in [0, 0.05) is 0 Å². The third-order valence-corrected chi connectivity index (χ3v) is 5.61. The molecular weight excluding hydrogens is 330 g/mol. The first-order valence-corrected chi connectivity index (χ1v) is 10.6. The number of amides is 1. The van der Waals surface area contributed by atoms with Crippen LogP contribution in [-0.4, -0.2) is 5.91 Å². The first-order chi connectivity index (χ1) is 13.2. The second-order valence-corrected chi connectivity index (χ2v) is 7.58. The lowest BCUT2D eigenvalue weighted by atomic mass is 9.70. The zero-order chi connectivity index (χ0) is 19.4. The van der Waals surface area contributed by atoms with Crippen molar-refractivity contribution in [1.29, 1.82) is 0 Å². The van der Waals surface area contributed by atoms with Crippen molar-refractivity contribution in [2.45, 2.75) is 76.5 Å². The molecule has 2 heteroatoms. The lowest BCUT2D eigenvalue weighted by molar-refractivity contribution is -0.122. The molecule has 1 amide bonds. The number of primary amides is 1. The Balaban J connectivity index is 2.01. The van der Waals surface area contributed by atoms with Crippen LogP contribution in [0.25, 0.3) is 0 Å². The molecule has 0 fully saturated rings. The molecule has 146 valence electrons. The number of benzene rings is 2. The first kappa shape index (κ1) is 21.2. The van der Waals surface area contributed by atoms with Gasteiger partial charge in [0.25, 0.3) is 0 Å². The Morgan fingerprint density at radius 3 is 1.52 bits per heavy atom. The van der Waals surface area contributed by atoms with Gasteiger partial charge in [-0.2, -0.15) is 0 Å². The zero-order valence-corrected chi connectivity index (χ0v) is 16.8. The third-order valence-electron chi connectivity index (χ3n) is 5.61. The van der Waals surface area contributed by atoms with Gasteiger partial charge in [0.1, 0.15) is 0 Å². The number of carbonyl (C=O) groups excluding carboxylic acids is 1. The van der Waals surface area contributed by atoms with E-state index in [1.54, 1.807) is 0 Å². The van der Waals surface area contributed by atoms with E-state index < -0.39 is 5.41 Å². The molecule has 0 aliphatic carbocycles. The predicted octanol–water partition coefficient (Wildman–Crippen LogP) is 6.38. The molecule has 0 heterocycles. The largest absolute Gasteiger partial charge is 0.369 e. The molecule has 0 saturated heterocycles. The van der Waals surface area contributed by atoms with Crippen LogP contribution < -0.4 is 5.73 Å². The molecule has 0 aliphatic rings. The van der Waals surface area contributed by atoms with E-state index in [0.717, 1.165) is 30.4 Å². The van der Waals surface area contributed by atoms with Gasteiger partial charge < -0.3 is 5.73 Å². The molecule has 2 aromatic rings. The Labute approximate surface area is 165 Å². The van der Waals surface area contributed by atoms with Crippen molar-refractivity contribution in [2.75, 3.05) is 0 Å². The van der Waals surface area contributed by atoms with Gasteiger partial charge in [-0.15, -0.1) is 0 Å². The van der Waals surface area contributed by atoms with Gasteiger partial charge in [0.2, 0.25) is 5.91 Å². The summed E-state index contributed by atoms with van der Waals surface area (Å²) in [6, 6.07) is 20.1. The number of hydrogen-bond donors (Lipinski definition) is 1. The van der Waals surface area contributed by atoms with E-state index in [0.29, 0.717) is 0 Å². The number of rotatable bonds is 13. The maximum Gasteiger partial charge on any atom is 0.232 e. The van der Waals surface area contributed by atoms with Crippen molar-refractivity contribution in [1.82, 2.24) is 0 Å². The predicted molar refractivity (Wildman–Crippen MR) is 115 cm³/mol. The summed E-state index contributed by atoms with van der Waals surface area (Å²) in [4.78, 5) is 12.7. The molecule has 2 nitrogen and oxygen atoms in total. The van der Waals surface area contributed by atoms with E-state index in [1.165, 1.54) is 44.9 Å². The fourth-order valence-corrected chi connectivity index (χ4v) is 4.01. The van der Waals surface area contributed by atoms with Crippen LogP contribution in [-0.2, 0) is 10.2 Å². The van der Waals surface area contributed by atoms with Crippen LogP contribution in [0.1, 0.15) is 82.3 Å². The lowest BCUT2D eigenvalue weighted by Crippen LogP contribution is -2.42. The van der Waals surface area contributed by atoms with E-state index in [-0.39, 0.29) is 5.91 Å². The molecule has 0 bridgehead atoms. The summed E-state index contributed by atoms with van der Waals surface area (Å²) in [5, 5.41) is 0. The van der Waals surface area contributed by atoms with E-state index in [4.69, 9.17) is 5.73 Å². The highest BCUT2D eigenvalue weighted by molar-refractivity contribution is 5.90. The SMILES string of the molecule is CCCCCCCCCCCC(C(N)=O)(c1ccccc1)c1ccccc1. The zero-order valence-electron chi connectivity index (χ0n) is 16.8. The minimum atomic E-state index is -0.732. The Morgan fingerprint density at radius 1 is 0.704 bits per heavy atom. The van der Waals surface area contributed by atoms with Crippen molar-refractivity contribution in [3.8, 4) is 0 Å². The Bertz CT molecular complexity index is 611. The highest BCUT2D eigenvalue weighted by Gasteiger charge is 2.39. The monoisotopic (exact) mass is 365 g/mol. The van der Waals surface area contributed by atoms with Crippen LogP contribution in [0.4, 0.5) is 0 Å². The average Bonchev–Trinajstić information content (AvgIpc) is 2.71. The van der Waals surface area contributed by atoms with Crippen LogP contribution >= 0.6 is 0 Å². The Hall–Kier alpha value is -2.09. The van der Waals surface area contributed by atoms with Crippen molar-refractivity contribution >= 4 is 5.91 Å². The summed E-state index contributed by atoms with van der Waals surface area (Å²) in [6.07, 6.45) is 12.2. The van der Waals surface area contributed by atoms with Gasteiger partial charge in [-0.3, -0.25) is 4.79 Å². The van der Waals surface area contributed by atoms with Crippen LogP contribution in [0.3, 0.4) is 0 Å². The van der Waals surface area contributed by atoms with E-state index >= 15 is 0 Å². The molecule has 0 unspecified atom stereocenters. The number of hydrogen-bond acceptors (Lipinski definition) is 1. The highest BCUT2D eigenvalue weighted by Crippen LogP contribution is 2.37. The molecule has 0 spiro atoms. The van der Waals surface area contributed by atoms with E-state index in [2.05, 4.69) is 6.92 Å². The molecule has 0 aromatic heterocycles. The second-order valence-electron chi connectivity index (χ2n) is 7.58. The van der Waals surface area contributed by atoms with Crippen LogP contribution in [0.15, 0.2) is 60.7 Å². The summed E-state index contributed by atoms with van der Waals surface area (Å²) in [5.74, 6) is -0.250. The van der Waals surface area contributed by atoms with Crippen molar-refractivity contribution in [2.24, 2.45) is 5.73 Å². The maximum atomic E-state index is 12.7. The lowest BCUT2D eigenvalue weighted by Gasteiger charge is -2.32. The smallest absolute Gasteiger partial charge is 0.232 e. The standard InChI is InChI=1S/C25H35NO/c1-2-3-4-5-6-7-8-9-16-21-25(24(26)27,22-17-12-10-13-18-22)23-19-14-11-15-20-23/h10-15,17-20H,2-9,16,21H2,1H3,(H2,26,27). The summed E-state index contributed by atoms with van der Waals surface area (Å²) in [5.41, 5.74) is 7.28. The van der Waals surface area contributed by atoms with Gasteiger partial charge in [-0.1, -0.05) is 125 Å². The van der Waals surface area contributed by atoms with Gasteiger partial charge in [0.05, 0.1) is 5.41 Å². The fourth-order valence-electron chi connectivity index (χ4n) is 4.01. The quantitative estimate of drug-likeness (QED) is 0.411. The minimum absolute atomic E-state index is 0.250. The van der Waals surface area contributed by atoms with Crippen LogP contribution in [0.5, 0.6) is 0 Å². The molecule has 2 N–H and O–H groups in total. The minimum Gasteiger partial charge on any atom is -0.369 e. The summed E-state index contributed by atoms with van der Waals surface area (Å²) >= 11 is 0. The summed E-state index contributed by atoms with van der Waals surface area (Å²) in [6.45, 7) is 2.25. The topological polar surface area (TPSA) is 43.1 Å². The molecule has 2 rings (SSSR count). The van der Waals surface area contributed by atoms with Crippen molar-refractivity contribution in [3.63, 3.8) is 0 Å². The van der Waals surface area contributed by atoms with Gasteiger partial charge >= 0.3 is 0 Å². The van der Waals surface area contributed by atoms with Crippen molar-refractivity contribution < 1.29 is 4.79 Å². The van der Waals surface area contributed by atoms with E-state index in [9.17, 15) is 4.79 Å². The summed E-state index contributed by atoms with van der Waals surface area (Å²) in [7, 11) is 0.